The average molecular weight is 250 g/mol. The predicted molar refractivity (Wildman–Crippen MR) is 68.5 cm³/mol. The van der Waals surface area contributed by atoms with E-state index < -0.39 is 11.2 Å². The number of carbonyl (C=O) groups excluding carboxylic acids is 1. The summed E-state index contributed by atoms with van der Waals surface area (Å²) < 4.78 is 19.0. The zero-order chi connectivity index (χ0) is 13.2. The smallest absolute Gasteiger partial charge is 0.175 e. The molecule has 0 spiro atoms. The molecule has 0 aromatic heterocycles. The standard InChI is InChI=1S/C15H19FO2/c1-15(9-4-3-5-10-15)14(17)11-7-6-8-12(18-2)13(11)16/h6-8H,3-5,9-10H2,1-2H3. The minimum absolute atomic E-state index is 0.0846. The molecule has 0 unspecified atom stereocenters. The Morgan fingerprint density at radius 3 is 2.56 bits per heavy atom. The lowest BCUT2D eigenvalue weighted by Crippen LogP contribution is -2.31. The summed E-state index contributed by atoms with van der Waals surface area (Å²) >= 11 is 0. The molecule has 0 N–H and O–H groups in total. The van der Waals surface area contributed by atoms with E-state index in [2.05, 4.69) is 0 Å². The van der Waals surface area contributed by atoms with Crippen molar-refractivity contribution in [1.82, 2.24) is 0 Å². The summed E-state index contributed by atoms with van der Waals surface area (Å²) in [6.45, 7) is 1.95. The summed E-state index contributed by atoms with van der Waals surface area (Å²) in [5.41, 5.74) is -0.246. The van der Waals surface area contributed by atoms with Gasteiger partial charge in [0.2, 0.25) is 0 Å². The fourth-order valence-corrected chi connectivity index (χ4v) is 2.73. The molecule has 1 aliphatic carbocycles. The second-order valence-corrected chi connectivity index (χ2v) is 5.27. The molecule has 1 aliphatic rings. The first kappa shape index (κ1) is 13.1. The molecular formula is C15H19FO2. The summed E-state index contributed by atoms with van der Waals surface area (Å²) in [4.78, 5) is 12.5. The Morgan fingerprint density at radius 1 is 1.28 bits per heavy atom. The molecule has 1 saturated carbocycles. The highest BCUT2D eigenvalue weighted by molar-refractivity contribution is 6.00. The zero-order valence-corrected chi connectivity index (χ0v) is 11.0. The molecule has 0 heterocycles. The van der Waals surface area contributed by atoms with Gasteiger partial charge in [-0.1, -0.05) is 32.3 Å². The molecular weight excluding hydrogens is 231 g/mol. The molecule has 98 valence electrons. The Morgan fingerprint density at radius 2 is 1.94 bits per heavy atom. The number of halogens is 1. The van der Waals surface area contributed by atoms with Gasteiger partial charge in [0.1, 0.15) is 0 Å². The molecule has 3 heteroatoms. The summed E-state index contributed by atoms with van der Waals surface area (Å²) in [6, 6.07) is 4.76. The molecule has 0 saturated heterocycles. The van der Waals surface area contributed by atoms with Crippen LogP contribution in [0.5, 0.6) is 5.75 Å². The van der Waals surface area contributed by atoms with Crippen LogP contribution in [0.3, 0.4) is 0 Å². The number of benzene rings is 1. The average Bonchev–Trinajstić information content (AvgIpc) is 2.39. The van der Waals surface area contributed by atoms with Crippen LogP contribution in [0.2, 0.25) is 0 Å². The maximum atomic E-state index is 14.1. The number of rotatable bonds is 3. The summed E-state index contributed by atoms with van der Waals surface area (Å²) in [5.74, 6) is -0.476. The van der Waals surface area contributed by atoms with E-state index in [0.717, 1.165) is 25.7 Å². The van der Waals surface area contributed by atoms with Crippen LogP contribution >= 0.6 is 0 Å². The van der Waals surface area contributed by atoms with E-state index in [4.69, 9.17) is 4.74 Å². The third-order valence-electron chi connectivity index (χ3n) is 3.93. The van der Waals surface area contributed by atoms with Crippen LogP contribution in [-0.4, -0.2) is 12.9 Å². The van der Waals surface area contributed by atoms with Gasteiger partial charge in [-0.25, -0.2) is 4.39 Å². The van der Waals surface area contributed by atoms with Crippen LogP contribution in [0.25, 0.3) is 0 Å². The van der Waals surface area contributed by atoms with Crippen LogP contribution < -0.4 is 4.74 Å². The number of Topliss-reactive ketones (excluding diaryl/α,β-unsaturated/α-hetero) is 1. The van der Waals surface area contributed by atoms with E-state index in [1.54, 1.807) is 12.1 Å². The van der Waals surface area contributed by atoms with Gasteiger partial charge in [0.25, 0.3) is 0 Å². The van der Waals surface area contributed by atoms with Crippen molar-refractivity contribution >= 4 is 5.78 Å². The van der Waals surface area contributed by atoms with Crippen LogP contribution in [0, 0.1) is 11.2 Å². The molecule has 1 aromatic rings. The van der Waals surface area contributed by atoms with E-state index in [9.17, 15) is 9.18 Å². The second kappa shape index (κ2) is 5.09. The van der Waals surface area contributed by atoms with Crippen molar-refractivity contribution in [2.24, 2.45) is 5.41 Å². The van der Waals surface area contributed by atoms with Crippen molar-refractivity contribution in [3.63, 3.8) is 0 Å². The normalized spacial score (nSPS) is 18.4. The van der Waals surface area contributed by atoms with Gasteiger partial charge in [-0.3, -0.25) is 4.79 Å². The van der Waals surface area contributed by atoms with Crippen LogP contribution in [0.15, 0.2) is 18.2 Å². The maximum Gasteiger partial charge on any atom is 0.175 e. The van der Waals surface area contributed by atoms with Gasteiger partial charge in [-0.15, -0.1) is 0 Å². The predicted octanol–water partition coefficient (Wildman–Crippen LogP) is 3.99. The number of ketones is 1. The molecule has 0 aliphatic heterocycles. The summed E-state index contributed by atoms with van der Waals surface area (Å²) in [7, 11) is 1.41. The maximum absolute atomic E-state index is 14.1. The van der Waals surface area contributed by atoms with Crippen LogP contribution in [0.1, 0.15) is 49.4 Å². The number of hydrogen-bond acceptors (Lipinski definition) is 2. The molecule has 1 aromatic carbocycles. The van der Waals surface area contributed by atoms with Gasteiger partial charge in [0, 0.05) is 5.41 Å². The first-order valence-electron chi connectivity index (χ1n) is 6.46. The highest BCUT2D eigenvalue weighted by Crippen LogP contribution is 2.39. The van der Waals surface area contributed by atoms with Crippen LogP contribution in [-0.2, 0) is 0 Å². The topological polar surface area (TPSA) is 26.3 Å². The minimum Gasteiger partial charge on any atom is -0.494 e. The number of methoxy groups -OCH3 is 1. The van der Waals surface area contributed by atoms with E-state index >= 15 is 0 Å². The first-order valence-corrected chi connectivity index (χ1v) is 6.46. The molecule has 2 nitrogen and oxygen atoms in total. The Hall–Kier alpha value is -1.38. The number of hydrogen-bond donors (Lipinski definition) is 0. The summed E-state index contributed by atoms with van der Waals surface area (Å²) in [5, 5.41) is 0. The van der Waals surface area contributed by atoms with Crippen LogP contribution in [0.4, 0.5) is 4.39 Å². The van der Waals surface area contributed by atoms with E-state index in [1.165, 1.54) is 19.6 Å². The molecule has 0 bridgehead atoms. The molecule has 0 radical (unpaired) electrons. The van der Waals surface area contributed by atoms with Gasteiger partial charge in [-0.2, -0.15) is 0 Å². The molecule has 0 atom stereocenters. The van der Waals surface area contributed by atoms with Gasteiger partial charge >= 0.3 is 0 Å². The van der Waals surface area contributed by atoms with Gasteiger partial charge in [0.05, 0.1) is 12.7 Å². The zero-order valence-electron chi connectivity index (χ0n) is 11.0. The van der Waals surface area contributed by atoms with E-state index in [-0.39, 0.29) is 17.1 Å². The number of carbonyl (C=O) groups is 1. The SMILES string of the molecule is COc1cccc(C(=O)C2(C)CCCCC2)c1F. The van der Waals surface area contributed by atoms with Crippen molar-refractivity contribution in [2.45, 2.75) is 39.0 Å². The van der Waals surface area contributed by atoms with Crippen molar-refractivity contribution in [3.05, 3.63) is 29.6 Å². The Labute approximate surface area is 107 Å². The molecule has 18 heavy (non-hydrogen) atoms. The van der Waals surface area contributed by atoms with Crippen molar-refractivity contribution in [1.29, 1.82) is 0 Å². The fraction of sp³-hybridized carbons (Fsp3) is 0.533. The quantitative estimate of drug-likeness (QED) is 0.758. The lowest BCUT2D eigenvalue weighted by molar-refractivity contribution is 0.0744. The van der Waals surface area contributed by atoms with E-state index in [1.807, 2.05) is 6.92 Å². The molecule has 2 rings (SSSR count). The fourth-order valence-electron chi connectivity index (χ4n) is 2.73. The van der Waals surface area contributed by atoms with Crippen molar-refractivity contribution in [3.8, 4) is 5.75 Å². The third-order valence-corrected chi connectivity index (χ3v) is 3.93. The Kier molecular flexibility index (Phi) is 3.69. The van der Waals surface area contributed by atoms with Gasteiger partial charge in [-0.05, 0) is 25.0 Å². The van der Waals surface area contributed by atoms with Gasteiger partial charge in [0.15, 0.2) is 17.3 Å². The monoisotopic (exact) mass is 250 g/mol. The van der Waals surface area contributed by atoms with Gasteiger partial charge < -0.3 is 4.74 Å². The largest absolute Gasteiger partial charge is 0.494 e. The Balaban J connectivity index is 2.33. The first-order chi connectivity index (χ1) is 8.58. The second-order valence-electron chi connectivity index (χ2n) is 5.27. The highest BCUT2D eigenvalue weighted by atomic mass is 19.1. The van der Waals surface area contributed by atoms with E-state index in [0.29, 0.717) is 0 Å². The summed E-state index contributed by atoms with van der Waals surface area (Å²) in [6.07, 6.45) is 4.97. The molecule has 0 amide bonds. The molecule has 1 fully saturated rings. The highest BCUT2D eigenvalue weighted by Gasteiger charge is 2.36. The number of ether oxygens (including phenoxy) is 1. The van der Waals surface area contributed by atoms with Crippen molar-refractivity contribution < 1.29 is 13.9 Å². The van der Waals surface area contributed by atoms with Crippen molar-refractivity contribution in [2.75, 3.05) is 7.11 Å². The minimum atomic E-state index is -0.531. The lowest BCUT2D eigenvalue weighted by Gasteiger charge is -2.32. The Bertz CT molecular complexity index is 448. The lowest BCUT2D eigenvalue weighted by atomic mass is 9.71. The third kappa shape index (κ3) is 2.26.